The van der Waals surface area contributed by atoms with E-state index in [0.29, 0.717) is 12.8 Å². The first kappa shape index (κ1) is 15.4. The minimum atomic E-state index is -1.28. The van der Waals surface area contributed by atoms with Gasteiger partial charge in [-0.3, -0.25) is 0 Å². The molecule has 2 unspecified atom stereocenters. The lowest BCUT2D eigenvalue weighted by Crippen LogP contribution is -2.19. The number of aliphatic hydroxyl groups excluding tert-OH is 2. The van der Waals surface area contributed by atoms with Crippen LogP contribution < -0.4 is 0 Å². The number of hydrogen-bond acceptors (Lipinski definition) is 3. The van der Waals surface area contributed by atoms with Crippen LogP contribution in [0.1, 0.15) is 58.3 Å². The number of aliphatic hydroxyl groups is 2. The van der Waals surface area contributed by atoms with Crippen molar-refractivity contribution in [2.45, 2.75) is 70.5 Å². The lowest BCUT2D eigenvalue weighted by atomic mass is 10.0. The molecule has 0 heterocycles. The summed E-state index contributed by atoms with van der Waals surface area (Å²) >= 11 is 0. The highest BCUT2D eigenvalue weighted by Gasteiger charge is 2.13. The molecule has 0 fully saturated rings. The van der Waals surface area contributed by atoms with Crippen molar-refractivity contribution in [1.29, 1.82) is 0 Å². The third kappa shape index (κ3) is 8.68. The van der Waals surface area contributed by atoms with Crippen molar-refractivity contribution in [1.82, 2.24) is 0 Å². The second-order valence-electron chi connectivity index (χ2n) is 4.29. The Morgan fingerprint density at radius 1 is 1.00 bits per heavy atom. The summed E-state index contributed by atoms with van der Waals surface area (Å²) in [6, 6.07) is 0. The van der Waals surface area contributed by atoms with Crippen LogP contribution in [0.5, 0.6) is 0 Å². The van der Waals surface area contributed by atoms with Gasteiger partial charge in [0.25, 0.3) is 0 Å². The molecule has 0 radical (unpaired) electrons. The summed E-state index contributed by atoms with van der Waals surface area (Å²) in [5.41, 5.74) is 0. The molecule has 0 rings (SSSR count). The zero-order valence-electron chi connectivity index (χ0n) is 10.1. The molecule has 0 aromatic heterocycles. The van der Waals surface area contributed by atoms with Crippen molar-refractivity contribution in [2.24, 2.45) is 0 Å². The molecule has 0 aliphatic rings. The van der Waals surface area contributed by atoms with Gasteiger partial charge in [0, 0.05) is 0 Å². The van der Waals surface area contributed by atoms with Crippen LogP contribution in [0.3, 0.4) is 0 Å². The van der Waals surface area contributed by atoms with E-state index in [0.717, 1.165) is 19.3 Å². The van der Waals surface area contributed by atoms with E-state index in [9.17, 15) is 9.90 Å². The first-order valence-electron chi connectivity index (χ1n) is 6.16. The molecule has 0 aromatic carbocycles. The summed E-state index contributed by atoms with van der Waals surface area (Å²) in [6.45, 7) is 2.14. The van der Waals surface area contributed by atoms with Crippen molar-refractivity contribution in [3.63, 3.8) is 0 Å². The van der Waals surface area contributed by atoms with E-state index in [4.69, 9.17) is 10.2 Å². The predicted octanol–water partition coefficient (Wildman–Crippen LogP) is 1.93. The van der Waals surface area contributed by atoms with Crippen LogP contribution in [0.25, 0.3) is 0 Å². The normalized spacial score (nSPS) is 14.7. The van der Waals surface area contributed by atoms with Crippen LogP contribution in [0.2, 0.25) is 0 Å². The molecule has 0 amide bonds. The fourth-order valence-corrected chi connectivity index (χ4v) is 1.62. The zero-order chi connectivity index (χ0) is 12.4. The topological polar surface area (TPSA) is 77.8 Å². The van der Waals surface area contributed by atoms with Crippen molar-refractivity contribution >= 4 is 5.97 Å². The summed E-state index contributed by atoms with van der Waals surface area (Å²) in [5, 5.41) is 27.0. The molecule has 0 saturated heterocycles. The van der Waals surface area contributed by atoms with Gasteiger partial charge >= 0.3 is 5.97 Å². The highest BCUT2D eigenvalue weighted by Crippen LogP contribution is 2.11. The molecule has 4 nitrogen and oxygen atoms in total. The van der Waals surface area contributed by atoms with Gasteiger partial charge in [0.05, 0.1) is 6.10 Å². The highest BCUT2D eigenvalue weighted by atomic mass is 16.4. The number of rotatable bonds is 10. The lowest BCUT2D eigenvalue weighted by Gasteiger charge is -2.11. The van der Waals surface area contributed by atoms with Gasteiger partial charge in [-0.05, 0) is 25.7 Å². The maximum atomic E-state index is 10.3. The second kappa shape index (κ2) is 9.60. The molecule has 0 bridgehead atoms. The standard InChI is InChI=1S/C12H24O4/c1-2-3-4-5-7-10(13)8-6-9-11(14)12(15)16/h10-11,13-14H,2-9H2,1H3,(H,15,16). The SMILES string of the molecule is CCCCCCC(O)CCCC(O)C(=O)O. The van der Waals surface area contributed by atoms with Gasteiger partial charge in [-0.2, -0.15) is 0 Å². The molecule has 96 valence electrons. The van der Waals surface area contributed by atoms with Crippen molar-refractivity contribution in [3.05, 3.63) is 0 Å². The molecule has 16 heavy (non-hydrogen) atoms. The van der Waals surface area contributed by atoms with Crippen molar-refractivity contribution in [3.8, 4) is 0 Å². The predicted molar refractivity (Wildman–Crippen MR) is 62.3 cm³/mol. The molecule has 0 aromatic rings. The third-order valence-corrected chi connectivity index (χ3v) is 2.69. The van der Waals surface area contributed by atoms with E-state index in [2.05, 4.69) is 6.92 Å². The first-order valence-corrected chi connectivity index (χ1v) is 6.16. The monoisotopic (exact) mass is 232 g/mol. The summed E-state index contributed by atoms with van der Waals surface area (Å²) in [5.74, 6) is -1.18. The van der Waals surface area contributed by atoms with Crippen LogP contribution >= 0.6 is 0 Å². The third-order valence-electron chi connectivity index (χ3n) is 2.69. The van der Waals surface area contributed by atoms with E-state index in [-0.39, 0.29) is 12.5 Å². The fraction of sp³-hybridized carbons (Fsp3) is 0.917. The largest absolute Gasteiger partial charge is 0.479 e. The minimum absolute atomic E-state index is 0.224. The summed E-state index contributed by atoms with van der Waals surface area (Å²) < 4.78 is 0. The summed E-state index contributed by atoms with van der Waals surface area (Å²) in [4.78, 5) is 10.3. The Bertz CT molecular complexity index is 182. The number of carboxylic acids is 1. The number of aliphatic carboxylic acids is 1. The maximum Gasteiger partial charge on any atom is 0.332 e. The molecule has 0 aliphatic heterocycles. The smallest absolute Gasteiger partial charge is 0.332 e. The molecule has 0 spiro atoms. The second-order valence-corrected chi connectivity index (χ2v) is 4.29. The van der Waals surface area contributed by atoms with Crippen LogP contribution in [0.15, 0.2) is 0 Å². The quantitative estimate of drug-likeness (QED) is 0.503. The van der Waals surface area contributed by atoms with Crippen molar-refractivity contribution < 1.29 is 20.1 Å². The zero-order valence-corrected chi connectivity index (χ0v) is 10.1. The van der Waals surface area contributed by atoms with E-state index in [1.807, 2.05) is 0 Å². The average molecular weight is 232 g/mol. The van der Waals surface area contributed by atoms with Crippen LogP contribution in [-0.4, -0.2) is 33.5 Å². The van der Waals surface area contributed by atoms with Gasteiger partial charge in [0.15, 0.2) is 6.10 Å². The molecular formula is C12H24O4. The molecule has 0 aliphatic carbocycles. The van der Waals surface area contributed by atoms with Gasteiger partial charge < -0.3 is 15.3 Å². The van der Waals surface area contributed by atoms with Crippen LogP contribution in [0.4, 0.5) is 0 Å². The average Bonchev–Trinajstić information content (AvgIpc) is 2.24. The summed E-state index contributed by atoms with van der Waals surface area (Å²) in [6.07, 6.45) is 5.06. The van der Waals surface area contributed by atoms with Crippen LogP contribution in [-0.2, 0) is 4.79 Å². The number of carboxylic acid groups (broad SMARTS) is 1. The first-order chi connectivity index (χ1) is 7.57. The molecule has 4 heteroatoms. The van der Waals surface area contributed by atoms with E-state index in [1.54, 1.807) is 0 Å². The Morgan fingerprint density at radius 3 is 2.19 bits per heavy atom. The van der Waals surface area contributed by atoms with Gasteiger partial charge in [-0.25, -0.2) is 4.79 Å². The molecule has 3 N–H and O–H groups in total. The Hall–Kier alpha value is -0.610. The van der Waals surface area contributed by atoms with Crippen molar-refractivity contribution in [2.75, 3.05) is 0 Å². The van der Waals surface area contributed by atoms with Gasteiger partial charge in [-0.15, -0.1) is 0 Å². The van der Waals surface area contributed by atoms with E-state index in [1.165, 1.54) is 12.8 Å². The van der Waals surface area contributed by atoms with Gasteiger partial charge in [0.1, 0.15) is 0 Å². The Labute approximate surface area is 97.3 Å². The highest BCUT2D eigenvalue weighted by molar-refractivity contribution is 5.71. The Balaban J connectivity index is 3.36. The van der Waals surface area contributed by atoms with Gasteiger partial charge in [-0.1, -0.05) is 32.6 Å². The molecule has 2 atom stereocenters. The van der Waals surface area contributed by atoms with Crippen LogP contribution in [0, 0.1) is 0 Å². The Morgan fingerprint density at radius 2 is 1.62 bits per heavy atom. The molecular weight excluding hydrogens is 208 g/mol. The molecule has 0 saturated carbocycles. The number of hydrogen-bond donors (Lipinski definition) is 3. The van der Waals surface area contributed by atoms with Gasteiger partial charge in [0.2, 0.25) is 0 Å². The lowest BCUT2D eigenvalue weighted by molar-refractivity contribution is -0.147. The van der Waals surface area contributed by atoms with E-state index >= 15 is 0 Å². The van der Waals surface area contributed by atoms with E-state index < -0.39 is 12.1 Å². The number of carbonyl (C=O) groups is 1. The summed E-state index contributed by atoms with van der Waals surface area (Å²) in [7, 11) is 0. The minimum Gasteiger partial charge on any atom is -0.479 e. The maximum absolute atomic E-state index is 10.3. The Kier molecular flexibility index (Phi) is 9.24. The number of unbranched alkanes of at least 4 members (excludes halogenated alkanes) is 3. The fourth-order valence-electron chi connectivity index (χ4n) is 1.62.